The molecule has 92 valence electrons. The number of nitrogens with zero attached hydrogens (tertiary/aromatic N) is 1. The van der Waals surface area contributed by atoms with Crippen molar-refractivity contribution in [2.45, 2.75) is 38.1 Å². The Morgan fingerprint density at radius 2 is 1.88 bits per heavy atom. The molecule has 16 heavy (non-hydrogen) atoms. The van der Waals surface area contributed by atoms with Gasteiger partial charge in [0.05, 0.1) is 5.75 Å². The van der Waals surface area contributed by atoms with Crippen LogP contribution >= 0.6 is 0 Å². The zero-order chi connectivity index (χ0) is 11.8. The largest absolute Gasteiger partial charge is 0.480 e. The molecule has 2 rings (SSSR count). The van der Waals surface area contributed by atoms with Crippen molar-refractivity contribution in [3.05, 3.63) is 0 Å². The summed E-state index contributed by atoms with van der Waals surface area (Å²) in [6.45, 7) is -0.375. The maximum absolute atomic E-state index is 12.0. The van der Waals surface area contributed by atoms with Crippen LogP contribution in [-0.4, -0.2) is 42.1 Å². The quantitative estimate of drug-likeness (QED) is 0.748. The predicted octanol–water partition coefficient (Wildman–Crippen LogP) is 0.665. The van der Waals surface area contributed by atoms with E-state index < -0.39 is 16.0 Å². The van der Waals surface area contributed by atoms with E-state index in [0.29, 0.717) is 0 Å². The molecule has 2 aliphatic carbocycles. The molecule has 6 heteroatoms. The molecular formula is C10H17NO4S. The summed E-state index contributed by atoms with van der Waals surface area (Å²) in [6, 6.07) is -0.0545. The number of carbonyl (C=O) groups is 1. The zero-order valence-electron chi connectivity index (χ0n) is 9.13. The Hall–Kier alpha value is -0.620. The van der Waals surface area contributed by atoms with Crippen molar-refractivity contribution in [1.29, 1.82) is 0 Å². The SMILES string of the molecule is O=C(O)CN(C1CC1)S(=O)(=O)CC1CCC1. The lowest BCUT2D eigenvalue weighted by Gasteiger charge is -2.28. The van der Waals surface area contributed by atoms with E-state index >= 15 is 0 Å². The van der Waals surface area contributed by atoms with Crippen LogP contribution in [0.5, 0.6) is 0 Å². The lowest BCUT2D eigenvalue weighted by atomic mass is 9.87. The van der Waals surface area contributed by atoms with Crippen LogP contribution in [-0.2, 0) is 14.8 Å². The Bertz CT molecular complexity index is 370. The van der Waals surface area contributed by atoms with Crippen LogP contribution in [0.25, 0.3) is 0 Å². The molecule has 5 nitrogen and oxygen atoms in total. The third-order valence-corrected chi connectivity index (χ3v) is 5.31. The molecule has 0 aromatic carbocycles. The van der Waals surface area contributed by atoms with Crippen LogP contribution in [0, 0.1) is 5.92 Å². The number of aliphatic carboxylic acids is 1. The van der Waals surface area contributed by atoms with Gasteiger partial charge in [-0.1, -0.05) is 6.42 Å². The van der Waals surface area contributed by atoms with Crippen molar-refractivity contribution in [2.75, 3.05) is 12.3 Å². The molecule has 2 saturated carbocycles. The maximum Gasteiger partial charge on any atom is 0.318 e. The highest BCUT2D eigenvalue weighted by Gasteiger charge is 2.39. The third kappa shape index (κ3) is 2.74. The second-order valence-electron chi connectivity index (χ2n) is 4.75. The van der Waals surface area contributed by atoms with Gasteiger partial charge in [0.25, 0.3) is 0 Å². The highest BCUT2D eigenvalue weighted by Crippen LogP contribution is 2.33. The van der Waals surface area contributed by atoms with Crippen molar-refractivity contribution in [1.82, 2.24) is 4.31 Å². The molecule has 0 amide bonds. The minimum absolute atomic E-state index is 0.0545. The van der Waals surface area contributed by atoms with Gasteiger partial charge in [0.2, 0.25) is 10.0 Å². The highest BCUT2D eigenvalue weighted by molar-refractivity contribution is 7.89. The Kier molecular flexibility index (Phi) is 3.21. The molecule has 2 aliphatic rings. The number of hydrogen-bond acceptors (Lipinski definition) is 3. The standard InChI is InChI=1S/C10H17NO4S/c12-10(13)6-11(9-4-5-9)16(14,15)7-8-2-1-3-8/h8-9H,1-7H2,(H,12,13). The monoisotopic (exact) mass is 247 g/mol. The molecular weight excluding hydrogens is 230 g/mol. The molecule has 0 aromatic rings. The Labute approximate surface area is 95.5 Å². The first-order chi connectivity index (χ1) is 7.49. The summed E-state index contributed by atoms with van der Waals surface area (Å²) in [6.07, 6.45) is 4.63. The van der Waals surface area contributed by atoms with Gasteiger partial charge in [0, 0.05) is 6.04 Å². The van der Waals surface area contributed by atoms with Crippen LogP contribution in [0.15, 0.2) is 0 Å². The van der Waals surface area contributed by atoms with E-state index in [-0.39, 0.29) is 24.3 Å². The van der Waals surface area contributed by atoms with Gasteiger partial charge in [-0.3, -0.25) is 4.79 Å². The molecule has 0 unspecified atom stereocenters. The van der Waals surface area contributed by atoms with E-state index in [4.69, 9.17) is 5.11 Å². The summed E-state index contributed by atoms with van der Waals surface area (Å²) in [5, 5.41) is 8.72. The molecule has 0 aromatic heterocycles. The van der Waals surface area contributed by atoms with Crippen LogP contribution in [0.3, 0.4) is 0 Å². The van der Waals surface area contributed by atoms with E-state index in [0.717, 1.165) is 32.1 Å². The Morgan fingerprint density at radius 1 is 1.25 bits per heavy atom. The first kappa shape index (κ1) is 11.9. The van der Waals surface area contributed by atoms with Crippen LogP contribution in [0.2, 0.25) is 0 Å². The lowest BCUT2D eigenvalue weighted by Crippen LogP contribution is -2.41. The summed E-state index contributed by atoms with van der Waals surface area (Å²) < 4.78 is 25.2. The fourth-order valence-corrected chi connectivity index (χ4v) is 4.10. The van der Waals surface area contributed by atoms with E-state index in [1.165, 1.54) is 4.31 Å². The van der Waals surface area contributed by atoms with Crippen molar-refractivity contribution < 1.29 is 18.3 Å². The normalized spacial score (nSPS) is 22.1. The van der Waals surface area contributed by atoms with Crippen molar-refractivity contribution in [3.8, 4) is 0 Å². The minimum atomic E-state index is -3.36. The van der Waals surface area contributed by atoms with Gasteiger partial charge in [0.15, 0.2) is 0 Å². The van der Waals surface area contributed by atoms with E-state index in [9.17, 15) is 13.2 Å². The van der Waals surface area contributed by atoms with E-state index in [2.05, 4.69) is 0 Å². The molecule has 0 bridgehead atoms. The number of rotatable bonds is 6. The number of sulfonamides is 1. The van der Waals surface area contributed by atoms with Gasteiger partial charge in [-0.15, -0.1) is 0 Å². The van der Waals surface area contributed by atoms with Gasteiger partial charge >= 0.3 is 5.97 Å². The van der Waals surface area contributed by atoms with Gasteiger partial charge < -0.3 is 5.11 Å². The summed E-state index contributed by atoms with van der Waals surface area (Å²) in [4.78, 5) is 10.7. The topological polar surface area (TPSA) is 74.7 Å². The second kappa shape index (κ2) is 4.33. The van der Waals surface area contributed by atoms with Gasteiger partial charge in [-0.25, -0.2) is 8.42 Å². The van der Waals surface area contributed by atoms with Crippen molar-refractivity contribution >= 4 is 16.0 Å². The maximum atomic E-state index is 12.0. The van der Waals surface area contributed by atoms with Gasteiger partial charge in [-0.2, -0.15) is 4.31 Å². The second-order valence-corrected chi connectivity index (χ2v) is 6.71. The van der Waals surface area contributed by atoms with E-state index in [1.54, 1.807) is 0 Å². The first-order valence-electron chi connectivity index (χ1n) is 5.70. The summed E-state index contributed by atoms with van der Waals surface area (Å²) >= 11 is 0. The van der Waals surface area contributed by atoms with Crippen LogP contribution in [0.1, 0.15) is 32.1 Å². The summed E-state index contributed by atoms with van der Waals surface area (Å²) in [7, 11) is -3.36. The first-order valence-corrected chi connectivity index (χ1v) is 7.31. The van der Waals surface area contributed by atoms with Gasteiger partial charge in [0.1, 0.15) is 6.54 Å². The van der Waals surface area contributed by atoms with Crippen molar-refractivity contribution in [3.63, 3.8) is 0 Å². The number of carboxylic acids is 1. The van der Waals surface area contributed by atoms with E-state index in [1.807, 2.05) is 0 Å². The molecule has 0 aliphatic heterocycles. The minimum Gasteiger partial charge on any atom is -0.480 e. The molecule has 0 heterocycles. The molecule has 0 radical (unpaired) electrons. The molecule has 0 spiro atoms. The van der Waals surface area contributed by atoms with Gasteiger partial charge in [-0.05, 0) is 31.6 Å². The van der Waals surface area contributed by atoms with Crippen LogP contribution in [0.4, 0.5) is 0 Å². The summed E-state index contributed by atoms with van der Waals surface area (Å²) in [5.74, 6) is -0.680. The smallest absolute Gasteiger partial charge is 0.318 e. The molecule has 2 fully saturated rings. The predicted molar refractivity (Wildman–Crippen MR) is 58.5 cm³/mol. The molecule has 0 atom stereocenters. The Morgan fingerprint density at radius 3 is 2.25 bits per heavy atom. The third-order valence-electron chi connectivity index (χ3n) is 3.27. The van der Waals surface area contributed by atoms with Crippen molar-refractivity contribution in [2.24, 2.45) is 5.92 Å². The average Bonchev–Trinajstić information content (AvgIpc) is 2.90. The zero-order valence-corrected chi connectivity index (χ0v) is 9.95. The number of hydrogen-bond donors (Lipinski definition) is 1. The van der Waals surface area contributed by atoms with Crippen LogP contribution < -0.4 is 0 Å². The lowest BCUT2D eigenvalue weighted by molar-refractivity contribution is -0.137. The highest BCUT2D eigenvalue weighted by atomic mass is 32.2. The molecule has 1 N–H and O–H groups in total. The Balaban J connectivity index is 2.01. The number of carboxylic acid groups (broad SMARTS) is 1. The fourth-order valence-electron chi connectivity index (χ4n) is 2.00. The average molecular weight is 247 g/mol. The summed E-state index contributed by atoms with van der Waals surface area (Å²) in [5.41, 5.74) is 0. The fraction of sp³-hybridized carbons (Fsp3) is 0.900. The molecule has 0 saturated heterocycles.